The fourth-order valence-electron chi connectivity index (χ4n) is 3.22. The minimum absolute atomic E-state index is 0.487. The number of methoxy groups -OCH3 is 2. The first-order chi connectivity index (χ1) is 10.2. The van der Waals surface area contributed by atoms with Gasteiger partial charge in [0, 0.05) is 36.7 Å². The molecule has 0 radical (unpaired) electrons. The average molecular weight is 355 g/mol. The summed E-state index contributed by atoms with van der Waals surface area (Å²) in [6.45, 7) is 4.38. The van der Waals surface area contributed by atoms with Crippen molar-refractivity contribution in [3.05, 3.63) is 22.2 Å². The summed E-state index contributed by atoms with van der Waals surface area (Å²) in [6, 6.07) is 4.67. The van der Waals surface area contributed by atoms with Crippen molar-refractivity contribution >= 4 is 15.9 Å². The standard InChI is InChI=1S/C16H23BrN2O2/c1-20-14-9-12(13(17)10-15(14)21-2)16(11-3-4-11)19-7-5-18-6-8-19/h9-11,16,18H,3-8H2,1-2H3/t16-/m0/s1. The fourth-order valence-corrected chi connectivity index (χ4v) is 3.77. The molecule has 0 amide bonds. The Labute approximate surface area is 134 Å². The molecule has 0 spiro atoms. The Morgan fingerprint density at radius 2 is 1.76 bits per heavy atom. The molecule has 116 valence electrons. The van der Waals surface area contributed by atoms with Crippen LogP contribution in [0.2, 0.25) is 0 Å². The summed E-state index contributed by atoms with van der Waals surface area (Å²) in [6.07, 6.45) is 2.66. The highest BCUT2D eigenvalue weighted by Crippen LogP contribution is 2.48. The van der Waals surface area contributed by atoms with E-state index in [0.29, 0.717) is 6.04 Å². The molecule has 1 aliphatic heterocycles. The van der Waals surface area contributed by atoms with Crippen molar-refractivity contribution in [3.8, 4) is 11.5 Å². The van der Waals surface area contributed by atoms with E-state index in [1.54, 1.807) is 14.2 Å². The number of hydrogen-bond acceptors (Lipinski definition) is 4. The predicted octanol–water partition coefficient (Wildman–Crippen LogP) is 2.82. The Bertz CT molecular complexity index is 499. The van der Waals surface area contributed by atoms with E-state index >= 15 is 0 Å². The third kappa shape index (κ3) is 3.20. The van der Waals surface area contributed by atoms with E-state index in [-0.39, 0.29) is 0 Å². The molecule has 0 bridgehead atoms. The van der Waals surface area contributed by atoms with Crippen LogP contribution < -0.4 is 14.8 Å². The van der Waals surface area contributed by atoms with E-state index in [9.17, 15) is 0 Å². The predicted molar refractivity (Wildman–Crippen MR) is 87.2 cm³/mol. The molecule has 1 heterocycles. The SMILES string of the molecule is COc1cc(Br)c([C@H](C2CC2)N2CCNCC2)cc1OC. The molecular formula is C16H23BrN2O2. The van der Waals surface area contributed by atoms with Crippen LogP contribution in [0.25, 0.3) is 0 Å². The third-order valence-corrected chi connectivity index (χ3v) is 5.12. The summed E-state index contributed by atoms with van der Waals surface area (Å²) in [7, 11) is 3.38. The summed E-state index contributed by atoms with van der Waals surface area (Å²) in [5.74, 6) is 2.37. The Morgan fingerprint density at radius 3 is 2.33 bits per heavy atom. The number of piperazine rings is 1. The number of rotatable bonds is 5. The van der Waals surface area contributed by atoms with Crippen LogP contribution in [0.5, 0.6) is 11.5 Å². The molecule has 2 fully saturated rings. The van der Waals surface area contributed by atoms with Gasteiger partial charge >= 0.3 is 0 Å². The molecule has 1 saturated carbocycles. The van der Waals surface area contributed by atoms with Gasteiger partial charge in [0.25, 0.3) is 0 Å². The second kappa shape index (κ2) is 6.55. The van der Waals surface area contributed by atoms with E-state index in [0.717, 1.165) is 48.1 Å². The van der Waals surface area contributed by atoms with Crippen LogP contribution in [-0.2, 0) is 0 Å². The maximum absolute atomic E-state index is 5.49. The maximum Gasteiger partial charge on any atom is 0.161 e. The molecule has 1 aromatic carbocycles. The molecule has 1 aromatic rings. The Hall–Kier alpha value is -0.780. The summed E-state index contributed by atoms with van der Waals surface area (Å²) in [5.41, 5.74) is 1.33. The van der Waals surface area contributed by atoms with Crippen LogP contribution in [0.3, 0.4) is 0 Å². The van der Waals surface area contributed by atoms with Crippen molar-refractivity contribution < 1.29 is 9.47 Å². The first-order valence-corrected chi connectivity index (χ1v) is 8.40. The monoisotopic (exact) mass is 354 g/mol. The van der Waals surface area contributed by atoms with Crippen molar-refractivity contribution in [2.75, 3.05) is 40.4 Å². The van der Waals surface area contributed by atoms with Crippen molar-refractivity contribution in [2.24, 2.45) is 5.92 Å². The second-order valence-electron chi connectivity index (χ2n) is 5.80. The van der Waals surface area contributed by atoms with Gasteiger partial charge in [0.2, 0.25) is 0 Å². The quantitative estimate of drug-likeness (QED) is 0.881. The number of halogens is 1. The van der Waals surface area contributed by atoms with E-state index in [2.05, 4.69) is 32.2 Å². The first kappa shape index (κ1) is 15.1. The van der Waals surface area contributed by atoms with Gasteiger partial charge in [0.15, 0.2) is 11.5 Å². The molecule has 1 saturated heterocycles. The molecule has 4 nitrogen and oxygen atoms in total. The number of nitrogens with one attached hydrogen (secondary N) is 1. The van der Waals surface area contributed by atoms with Gasteiger partial charge in [-0.05, 0) is 36.5 Å². The van der Waals surface area contributed by atoms with Crippen LogP contribution in [0.4, 0.5) is 0 Å². The average Bonchev–Trinajstić information content (AvgIpc) is 3.34. The molecule has 2 aliphatic rings. The molecule has 0 aromatic heterocycles. The molecule has 1 N–H and O–H groups in total. The largest absolute Gasteiger partial charge is 0.493 e. The number of ether oxygens (including phenoxy) is 2. The minimum atomic E-state index is 0.487. The van der Waals surface area contributed by atoms with Gasteiger partial charge in [0.05, 0.1) is 14.2 Å². The van der Waals surface area contributed by atoms with E-state index < -0.39 is 0 Å². The highest BCUT2D eigenvalue weighted by Gasteiger charge is 2.38. The molecule has 3 rings (SSSR count). The van der Waals surface area contributed by atoms with Crippen molar-refractivity contribution in [1.82, 2.24) is 10.2 Å². The normalized spacial score (nSPS) is 21.1. The van der Waals surface area contributed by atoms with E-state index in [1.807, 2.05) is 6.07 Å². The highest BCUT2D eigenvalue weighted by molar-refractivity contribution is 9.10. The zero-order chi connectivity index (χ0) is 14.8. The first-order valence-electron chi connectivity index (χ1n) is 7.60. The van der Waals surface area contributed by atoms with Gasteiger partial charge in [-0.3, -0.25) is 4.90 Å². The smallest absolute Gasteiger partial charge is 0.161 e. The number of benzene rings is 1. The van der Waals surface area contributed by atoms with Crippen molar-refractivity contribution in [3.63, 3.8) is 0 Å². The topological polar surface area (TPSA) is 33.7 Å². The summed E-state index contributed by atoms with van der Waals surface area (Å²) in [5, 5.41) is 3.44. The van der Waals surface area contributed by atoms with Gasteiger partial charge in [-0.1, -0.05) is 15.9 Å². The van der Waals surface area contributed by atoms with Gasteiger partial charge in [-0.25, -0.2) is 0 Å². The third-order valence-electron chi connectivity index (χ3n) is 4.44. The summed E-state index contributed by atoms with van der Waals surface area (Å²) < 4.78 is 12.0. The molecule has 5 heteroatoms. The van der Waals surface area contributed by atoms with Gasteiger partial charge in [-0.15, -0.1) is 0 Å². The van der Waals surface area contributed by atoms with Crippen LogP contribution >= 0.6 is 15.9 Å². The van der Waals surface area contributed by atoms with Crippen LogP contribution in [-0.4, -0.2) is 45.3 Å². The lowest BCUT2D eigenvalue weighted by Gasteiger charge is -2.36. The molecule has 1 aliphatic carbocycles. The molecule has 1 atom stereocenters. The van der Waals surface area contributed by atoms with Gasteiger partial charge in [-0.2, -0.15) is 0 Å². The lowest BCUT2D eigenvalue weighted by Crippen LogP contribution is -2.45. The lowest BCUT2D eigenvalue weighted by atomic mass is 9.99. The van der Waals surface area contributed by atoms with Crippen LogP contribution in [0.15, 0.2) is 16.6 Å². The van der Waals surface area contributed by atoms with Gasteiger partial charge in [0.1, 0.15) is 0 Å². The minimum Gasteiger partial charge on any atom is -0.493 e. The molecule has 21 heavy (non-hydrogen) atoms. The number of nitrogens with zero attached hydrogens (tertiary/aromatic N) is 1. The van der Waals surface area contributed by atoms with Crippen LogP contribution in [0.1, 0.15) is 24.4 Å². The van der Waals surface area contributed by atoms with Crippen LogP contribution in [0, 0.1) is 5.92 Å². The van der Waals surface area contributed by atoms with Gasteiger partial charge < -0.3 is 14.8 Å². The zero-order valence-corrected chi connectivity index (χ0v) is 14.3. The molecular weight excluding hydrogens is 332 g/mol. The lowest BCUT2D eigenvalue weighted by molar-refractivity contribution is 0.155. The zero-order valence-electron chi connectivity index (χ0n) is 12.7. The number of hydrogen-bond donors (Lipinski definition) is 1. The van der Waals surface area contributed by atoms with Crippen molar-refractivity contribution in [2.45, 2.75) is 18.9 Å². The summed E-state index contributed by atoms with van der Waals surface area (Å²) in [4.78, 5) is 2.61. The Morgan fingerprint density at radius 1 is 1.14 bits per heavy atom. The van der Waals surface area contributed by atoms with Crippen molar-refractivity contribution in [1.29, 1.82) is 0 Å². The van der Waals surface area contributed by atoms with E-state index in [4.69, 9.17) is 9.47 Å². The molecule has 0 unspecified atom stereocenters. The summed E-state index contributed by atoms with van der Waals surface area (Å²) >= 11 is 3.74. The Balaban J connectivity index is 1.94. The fraction of sp³-hybridized carbons (Fsp3) is 0.625. The Kier molecular flexibility index (Phi) is 4.72. The second-order valence-corrected chi connectivity index (χ2v) is 6.65. The highest BCUT2D eigenvalue weighted by atomic mass is 79.9. The van der Waals surface area contributed by atoms with E-state index in [1.165, 1.54) is 18.4 Å². The maximum atomic E-state index is 5.49.